The smallest absolute Gasteiger partial charge is 0.144 e. The highest BCUT2D eigenvalue weighted by Crippen LogP contribution is 2.24. The summed E-state index contributed by atoms with van der Waals surface area (Å²) in [4.78, 5) is 9.85. The summed E-state index contributed by atoms with van der Waals surface area (Å²) in [6.07, 6.45) is 0. The maximum atomic E-state index is 9.85. The molecule has 0 radical (unpaired) electrons. The van der Waals surface area contributed by atoms with E-state index >= 15 is 0 Å². The predicted molar refractivity (Wildman–Crippen MR) is 34.5 cm³/mol. The van der Waals surface area contributed by atoms with Crippen LogP contribution in [0.1, 0.15) is 5.56 Å². The first-order chi connectivity index (χ1) is 3.84. The predicted octanol–water partition coefficient (Wildman–Crippen LogP) is 2.45. The van der Waals surface area contributed by atoms with Crippen LogP contribution in [0.3, 0.4) is 0 Å². The van der Waals surface area contributed by atoms with E-state index in [0.717, 1.165) is 5.56 Å². The Bertz CT molecular complexity index is 194. The van der Waals surface area contributed by atoms with Gasteiger partial charge in [-0.1, -0.05) is 0 Å². The first-order valence-corrected chi connectivity index (χ1v) is 3.10. The van der Waals surface area contributed by atoms with Crippen LogP contribution in [-0.4, -0.2) is 0 Å². The highest BCUT2D eigenvalue weighted by Gasteiger charge is 1.94. The molecule has 0 aliphatic carbocycles. The van der Waals surface area contributed by atoms with E-state index < -0.39 is 0 Å². The van der Waals surface area contributed by atoms with Gasteiger partial charge in [0.15, 0.2) is 5.00 Å². The van der Waals surface area contributed by atoms with Crippen molar-refractivity contribution < 1.29 is 0 Å². The summed E-state index contributed by atoms with van der Waals surface area (Å²) in [5, 5.41) is 5.24. The Kier molecular flexibility index (Phi) is 1.39. The van der Waals surface area contributed by atoms with Gasteiger partial charge in [0, 0.05) is 0 Å². The molecule has 0 aliphatic rings. The molecule has 2 nitrogen and oxygen atoms in total. The minimum atomic E-state index is 0.588. The third kappa shape index (κ3) is 0.767. The first-order valence-electron chi connectivity index (χ1n) is 2.22. The van der Waals surface area contributed by atoms with Crippen LogP contribution in [0.5, 0.6) is 0 Å². The third-order valence-corrected chi connectivity index (χ3v) is 1.81. The molecule has 0 bridgehead atoms. The molecule has 0 saturated carbocycles. The van der Waals surface area contributed by atoms with E-state index in [1.54, 1.807) is 0 Å². The normalized spacial score (nSPS) is 9.12. The summed E-state index contributed by atoms with van der Waals surface area (Å²) >= 11 is 1.37. The van der Waals surface area contributed by atoms with Gasteiger partial charge in [-0.15, -0.1) is 16.2 Å². The van der Waals surface area contributed by atoms with Crippen molar-refractivity contribution in [2.24, 2.45) is 5.18 Å². The minimum Gasteiger partial charge on any atom is -0.144 e. The minimum absolute atomic E-state index is 0.588. The van der Waals surface area contributed by atoms with E-state index in [1.807, 2.05) is 18.4 Å². The van der Waals surface area contributed by atoms with Crippen molar-refractivity contribution in [2.45, 2.75) is 6.92 Å². The van der Waals surface area contributed by atoms with Crippen molar-refractivity contribution in [3.63, 3.8) is 0 Å². The maximum Gasteiger partial charge on any atom is 0.163 e. The van der Waals surface area contributed by atoms with Crippen molar-refractivity contribution in [1.29, 1.82) is 0 Å². The van der Waals surface area contributed by atoms with Crippen LogP contribution in [0.25, 0.3) is 0 Å². The van der Waals surface area contributed by atoms with Gasteiger partial charge in [-0.25, -0.2) is 0 Å². The number of nitroso groups, excluding NO2 is 1. The van der Waals surface area contributed by atoms with Gasteiger partial charge in [0.1, 0.15) is 0 Å². The lowest BCUT2D eigenvalue weighted by Gasteiger charge is -1.77. The molecule has 0 aliphatic heterocycles. The highest BCUT2D eigenvalue weighted by atomic mass is 32.1. The topological polar surface area (TPSA) is 29.4 Å². The molecule has 0 aromatic carbocycles. The van der Waals surface area contributed by atoms with Gasteiger partial charge < -0.3 is 0 Å². The fraction of sp³-hybridized carbons (Fsp3) is 0.200. The SMILES string of the molecule is Cc1ccsc1N=O. The van der Waals surface area contributed by atoms with Gasteiger partial charge >= 0.3 is 0 Å². The van der Waals surface area contributed by atoms with Crippen LogP contribution in [-0.2, 0) is 0 Å². The number of aryl methyl sites for hydroxylation is 1. The van der Waals surface area contributed by atoms with E-state index in [2.05, 4.69) is 5.18 Å². The molecular formula is C5H5NOS. The molecule has 1 rings (SSSR count). The molecule has 8 heavy (non-hydrogen) atoms. The van der Waals surface area contributed by atoms with Crippen molar-refractivity contribution in [2.75, 3.05) is 0 Å². The largest absolute Gasteiger partial charge is 0.163 e. The first kappa shape index (κ1) is 5.44. The van der Waals surface area contributed by atoms with E-state index in [-0.39, 0.29) is 0 Å². The van der Waals surface area contributed by atoms with Crippen LogP contribution >= 0.6 is 11.3 Å². The molecule has 42 valence electrons. The molecule has 0 fully saturated rings. The fourth-order valence-electron chi connectivity index (χ4n) is 0.458. The molecule has 3 heteroatoms. The molecular weight excluding hydrogens is 122 g/mol. The van der Waals surface area contributed by atoms with Crippen molar-refractivity contribution in [1.82, 2.24) is 0 Å². The average molecular weight is 127 g/mol. The summed E-state index contributed by atoms with van der Waals surface area (Å²) in [7, 11) is 0. The Morgan fingerprint density at radius 3 is 2.75 bits per heavy atom. The fourth-order valence-corrected chi connectivity index (χ4v) is 1.16. The van der Waals surface area contributed by atoms with Crippen LogP contribution < -0.4 is 0 Å². The van der Waals surface area contributed by atoms with E-state index in [0.29, 0.717) is 5.00 Å². The number of hydrogen-bond acceptors (Lipinski definition) is 3. The van der Waals surface area contributed by atoms with E-state index in [9.17, 15) is 4.91 Å². The lowest BCUT2D eigenvalue weighted by molar-refractivity contribution is 1.47. The third-order valence-electron chi connectivity index (χ3n) is 0.918. The molecule has 0 amide bonds. The van der Waals surface area contributed by atoms with Gasteiger partial charge in [-0.3, -0.25) is 0 Å². The Morgan fingerprint density at radius 2 is 2.50 bits per heavy atom. The van der Waals surface area contributed by atoms with Crippen molar-refractivity contribution in [3.8, 4) is 0 Å². The quantitative estimate of drug-likeness (QED) is 0.533. The van der Waals surface area contributed by atoms with Crippen LogP contribution in [0.15, 0.2) is 16.6 Å². The van der Waals surface area contributed by atoms with Gasteiger partial charge in [0.25, 0.3) is 0 Å². The zero-order valence-electron chi connectivity index (χ0n) is 4.42. The number of rotatable bonds is 1. The summed E-state index contributed by atoms with van der Waals surface area (Å²) < 4.78 is 0. The van der Waals surface area contributed by atoms with Gasteiger partial charge in [-0.05, 0) is 29.1 Å². The molecule has 0 N–H and O–H groups in total. The summed E-state index contributed by atoms with van der Waals surface area (Å²) in [5.41, 5.74) is 0.963. The number of hydrogen-bond donors (Lipinski definition) is 0. The summed E-state index contributed by atoms with van der Waals surface area (Å²) in [6.45, 7) is 1.87. The Balaban J connectivity index is 3.09. The molecule has 1 aromatic heterocycles. The van der Waals surface area contributed by atoms with E-state index in [1.165, 1.54) is 11.3 Å². The molecule has 0 unspecified atom stereocenters. The maximum absolute atomic E-state index is 9.85. The molecule has 0 spiro atoms. The van der Waals surface area contributed by atoms with Crippen LogP contribution in [0.4, 0.5) is 5.00 Å². The standard InChI is InChI=1S/C5H5NOS/c1-4-2-3-8-5(4)6-7/h2-3H,1H3. The van der Waals surface area contributed by atoms with E-state index in [4.69, 9.17) is 0 Å². The molecule has 1 heterocycles. The second-order valence-electron chi connectivity index (χ2n) is 1.50. The van der Waals surface area contributed by atoms with Gasteiger partial charge in [0.05, 0.1) is 0 Å². The Hall–Kier alpha value is -0.700. The lowest BCUT2D eigenvalue weighted by atomic mass is 10.4. The number of thiophene rings is 1. The lowest BCUT2D eigenvalue weighted by Crippen LogP contribution is -1.55. The average Bonchev–Trinajstić information content (AvgIpc) is 2.14. The molecule has 0 atom stereocenters. The zero-order chi connectivity index (χ0) is 5.98. The monoisotopic (exact) mass is 127 g/mol. The highest BCUT2D eigenvalue weighted by molar-refractivity contribution is 7.14. The van der Waals surface area contributed by atoms with Gasteiger partial charge in [-0.2, -0.15) is 0 Å². The zero-order valence-corrected chi connectivity index (χ0v) is 5.23. The molecule has 0 saturated heterocycles. The Labute approximate surface area is 51.1 Å². The second kappa shape index (κ2) is 2.05. The number of nitrogens with zero attached hydrogens (tertiary/aromatic N) is 1. The van der Waals surface area contributed by atoms with Gasteiger partial charge in [0.2, 0.25) is 0 Å². The van der Waals surface area contributed by atoms with Crippen molar-refractivity contribution >= 4 is 16.3 Å². The Morgan fingerprint density at radius 1 is 1.75 bits per heavy atom. The molecule has 1 aromatic rings. The van der Waals surface area contributed by atoms with Crippen LogP contribution in [0, 0.1) is 11.8 Å². The summed E-state index contributed by atoms with van der Waals surface area (Å²) in [6, 6.07) is 1.88. The van der Waals surface area contributed by atoms with Crippen molar-refractivity contribution in [3.05, 3.63) is 21.9 Å². The summed E-state index contributed by atoms with van der Waals surface area (Å²) in [5.74, 6) is 0. The second-order valence-corrected chi connectivity index (χ2v) is 2.39. The van der Waals surface area contributed by atoms with Crippen LogP contribution in [0.2, 0.25) is 0 Å².